The van der Waals surface area contributed by atoms with Crippen LogP contribution in [0.15, 0.2) is 21.2 Å². The van der Waals surface area contributed by atoms with Crippen molar-refractivity contribution in [1.82, 2.24) is 4.90 Å². The topological polar surface area (TPSA) is 59.5 Å². The zero-order chi connectivity index (χ0) is 10.8. The van der Waals surface area contributed by atoms with E-state index in [4.69, 9.17) is 10.2 Å². The number of nitrogens with zero attached hydrogens (tertiary/aromatic N) is 1. The van der Waals surface area contributed by atoms with Crippen molar-refractivity contribution >= 4 is 21.8 Å². The van der Waals surface area contributed by atoms with Crippen LogP contribution >= 0.6 is 15.9 Å². The Balaban J connectivity index is 2.02. The van der Waals surface area contributed by atoms with E-state index in [0.717, 1.165) is 25.9 Å². The van der Waals surface area contributed by atoms with E-state index in [1.54, 1.807) is 17.0 Å². The Labute approximate surface area is 96.5 Å². The first kappa shape index (κ1) is 10.7. The fourth-order valence-electron chi connectivity index (χ4n) is 1.69. The molecule has 82 valence electrons. The van der Waals surface area contributed by atoms with E-state index in [9.17, 15) is 4.79 Å². The van der Waals surface area contributed by atoms with Crippen molar-refractivity contribution in [3.8, 4) is 0 Å². The van der Waals surface area contributed by atoms with Crippen LogP contribution in [0.1, 0.15) is 23.4 Å². The Morgan fingerprint density at radius 1 is 1.47 bits per heavy atom. The van der Waals surface area contributed by atoms with Gasteiger partial charge < -0.3 is 15.1 Å². The fraction of sp³-hybridized carbons (Fsp3) is 0.500. The lowest BCUT2D eigenvalue weighted by atomic mass is 10.1. The number of hydrogen-bond acceptors (Lipinski definition) is 3. The lowest BCUT2D eigenvalue weighted by molar-refractivity contribution is 0.0681. The van der Waals surface area contributed by atoms with Crippen LogP contribution < -0.4 is 5.73 Å². The lowest BCUT2D eigenvalue weighted by Crippen LogP contribution is -2.42. The SMILES string of the molecule is NC1CCN(C(=O)c2ccc(Br)o2)CC1. The first-order valence-corrected chi connectivity index (χ1v) is 5.76. The highest BCUT2D eigenvalue weighted by Gasteiger charge is 2.23. The molecule has 0 radical (unpaired) electrons. The van der Waals surface area contributed by atoms with Gasteiger partial charge in [0.05, 0.1) is 0 Å². The summed E-state index contributed by atoms with van der Waals surface area (Å²) in [5.41, 5.74) is 5.77. The number of rotatable bonds is 1. The molecule has 0 unspecified atom stereocenters. The zero-order valence-electron chi connectivity index (χ0n) is 8.28. The monoisotopic (exact) mass is 272 g/mol. The number of likely N-dealkylation sites (tertiary alicyclic amines) is 1. The van der Waals surface area contributed by atoms with Crippen molar-refractivity contribution < 1.29 is 9.21 Å². The van der Waals surface area contributed by atoms with Crippen molar-refractivity contribution in [2.75, 3.05) is 13.1 Å². The third-order valence-corrected chi connectivity index (χ3v) is 3.04. The second-order valence-electron chi connectivity index (χ2n) is 3.73. The Kier molecular flexibility index (Phi) is 3.11. The van der Waals surface area contributed by atoms with Crippen molar-refractivity contribution in [3.05, 3.63) is 22.6 Å². The van der Waals surface area contributed by atoms with Gasteiger partial charge in [-0.1, -0.05) is 0 Å². The molecule has 1 saturated heterocycles. The minimum absolute atomic E-state index is 0.0485. The van der Waals surface area contributed by atoms with Gasteiger partial charge in [-0.3, -0.25) is 4.79 Å². The van der Waals surface area contributed by atoms with Crippen LogP contribution in [0.4, 0.5) is 0 Å². The molecule has 1 fully saturated rings. The third-order valence-electron chi connectivity index (χ3n) is 2.61. The molecular formula is C10H13BrN2O2. The number of carbonyl (C=O) groups is 1. The Bertz CT molecular complexity index is 356. The summed E-state index contributed by atoms with van der Waals surface area (Å²) in [6, 6.07) is 3.64. The molecule has 0 aromatic carbocycles. The molecule has 0 bridgehead atoms. The molecule has 1 amide bonds. The molecule has 1 aromatic rings. The van der Waals surface area contributed by atoms with E-state index in [1.807, 2.05) is 0 Å². The molecule has 5 heteroatoms. The summed E-state index contributed by atoms with van der Waals surface area (Å²) in [6.45, 7) is 1.44. The van der Waals surface area contributed by atoms with E-state index < -0.39 is 0 Å². The summed E-state index contributed by atoms with van der Waals surface area (Å²) >= 11 is 3.18. The van der Waals surface area contributed by atoms with Gasteiger partial charge in [0, 0.05) is 19.1 Å². The van der Waals surface area contributed by atoms with E-state index in [2.05, 4.69) is 15.9 Å². The first-order valence-electron chi connectivity index (χ1n) is 4.97. The summed E-state index contributed by atoms with van der Waals surface area (Å²) < 4.78 is 5.80. The molecule has 2 rings (SSSR count). The summed E-state index contributed by atoms with van der Waals surface area (Å²) in [5, 5.41) is 0. The van der Waals surface area contributed by atoms with Gasteiger partial charge in [-0.05, 0) is 40.9 Å². The van der Waals surface area contributed by atoms with Crippen molar-refractivity contribution in [1.29, 1.82) is 0 Å². The minimum Gasteiger partial charge on any atom is -0.444 e. The van der Waals surface area contributed by atoms with Crippen molar-refractivity contribution in [2.24, 2.45) is 5.73 Å². The van der Waals surface area contributed by atoms with Gasteiger partial charge in [0.2, 0.25) is 0 Å². The Morgan fingerprint density at radius 3 is 2.67 bits per heavy atom. The Morgan fingerprint density at radius 2 is 2.13 bits per heavy atom. The third kappa shape index (κ3) is 2.41. The van der Waals surface area contributed by atoms with E-state index in [1.165, 1.54) is 0 Å². The lowest BCUT2D eigenvalue weighted by Gasteiger charge is -2.29. The molecule has 2 N–H and O–H groups in total. The summed E-state index contributed by atoms with van der Waals surface area (Å²) in [5.74, 6) is 0.338. The van der Waals surface area contributed by atoms with Gasteiger partial charge in [0.25, 0.3) is 5.91 Å². The standard InChI is InChI=1S/C10H13BrN2O2/c11-9-2-1-8(15-9)10(14)13-5-3-7(12)4-6-13/h1-2,7H,3-6,12H2. The van der Waals surface area contributed by atoms with E-state index in [-0.39, 0.29) is 11.9 Å². The normalized spacial score (nSPS) is 18.1. The van der Waals surface area contributed by atoms with Crippen LogP contribution in [0.25, 0.3) is 0 Å². The molecule has 0 aliphatic carbocycles. The predicted molar refractivity (Wildman–Crippen MR) is 59.5 cm³/mol. The smallest absolute Gasteiger partial charge is 0.289 e. The average molecular weight is 273 g/mol. The van der Waals surface area contributed by atoms with Crippen LogP contribution in [0.3, 0.4) is 0 Å². The maximum absolute atomic E-state index is 11.9. The molecule has 1 aliphatic heterocycles. The molecule has 0 atom stereocenters. The van der Waals surface area contributed by atoms with E-state index in [0.29, 0.717) is 10.4 Å². The average Bonchev–Trinajstić information content (AvgIpc) is 2.65. The number of amides is 1. The van der Waals surface area contributed by atoms with Crippen LogP contribution in [-0.4, -0.2) is 29.9 Å². The molecule has 0 spiro atoms. The highest BCUT2D eigenvalue weighted by atomic mass is 79.9. The van der Waals surface area contributed by atoms with E-state index >= 15 is 0 Å². The van der Waals surface area contributed by atoms with Gasteiger partial charge in [-0.15, -0.1) is 0 Å². The van der Waals surface area contributed by atoms with Crippen LogP contribution in [0.5, 0.6) is 0 Å². The molecule has 4 nitrogen and oxygen atoms in total. The molecular weight excluding hydrogens is 260 g/mol. The van der Waals surface area contributed by atoms with Crippen molar-refractivity contribution in [3.63, 3.8) is 0 Å². The van der Waals surface area contributed by atoms with Crippen LogP contribution in [0, 0.1) is 0 Å². The highest BCUT2D eigenvalue weighted by molar-refractivity contribution is 9.10. The first-order chi connectivity index (χ1) is 7.16. The van der Waals surface area contributed by atoms with Gasteiger partial charge in [0.1, 0.15) is 0 Å². The quantitative estimate of drug-likeness (QED) is 0.845. The van der Waals surface area contributed by atoms with Gasteiger partial charge in [-0.2, -0.15) is 0 Å². The summed E-state index contributed by atoms with van der Waals surface area (Å²) in [4.78, 5) is 13.7. The molecule has 2 heterocycles. The van der Waals surface area contributed by atoms with Crippen LogP contribution in [-0.2, 0) is 0 Å². The summed E-state index contributed by atoms with van der Waals surface area (Å²) in [7, 11) is 0. The molecule has 0 saturated carbocycles. The number of hydrogen-bond donors (Lipinski definition) is 1. The number of carbonyl (C=O) groups excluding carboxylic acids is 1. The fourth-order valence-corrected chi connectivity index (χ4v) is 1.99. The predicted octanol–water partition coefficient (Wildman–Crippen LogP) is 1.61. The number of nitrogens with two attached hydrogens (primary N) is 1. The maximum atomic E-state index is 11.9. The van der Waals surface area contributed by atoms with Gasteiger partial charge >= 0.3 is 0 Å². The Hall–Kier alpha value is -0.810. The largest absolute Gasteiger partial charge is 0.444 e. The second-order valence-corrected chi connectivity index (χ2v) is 4.51. The van der Waals surface area contributed by atoms with Crippen molar-refractivity contribution in [2.45, 2.75) is 18.9 Å². The van der Waals surface area contributed by atoms with Crippen LogP contribution in [0.2, 0.25) is 0 Å². The summed E-state index contributed by atoms with van der Waals surface area (Å²) in [6.07, 6.45) is 1.74. The second kappa shape index (κ2) is 4.37. The zero-order valence-corrected chi connectivity index (χ0v) is 9.87. The molecule has 15 heavy (non-hydrogen) atoms. The minimum atomic E-state index is -0.0485. The molecule has 1 aliphatic rings. The maximum Gasteiger partial charge on any atom is 0.289 e. The number of furan rings is 1. The number of halogens is 1. The molecule has 1 aromatic heterocycles. The van der Waals surface area contributed by atoms with Gasteiger partial charge in [-0.25, -0.2) is 0 Å². The highest BCUT2D eigenvalue weighted by Crippen LogP contribution is 2.17. The van der Waals surface area contributed by atoms with Gasteiger partial charge in [0.15, 0.2) is 10.4 Å². The number of piperidine rings is 1.